The minimum atomic E-state index is -3.36. The molecule has 1 aromatic heterocycles. The van der Waals surface area contributed by atoms with E-state index >= 15 is 0 Å². The minimum Gasteiger partial charge on any atom is -0.208 e. The molecule has 1 heterocycles. The molecule has 1 N–H and O–H groups in total. The molecule has 1 unspecified atom stereocenters. The Morgan fingerprint density at radius 2 is 2.19 bits per heavy atom. The third kappa shape index (κ3) is 3.73. The summed E-state index contributed by atoms with van der Waals surface area (Å²) in [7, 11) is -3.36. The van der Waals surface area contributed by atoms with Crippen molar-refractivity contribution in [3.8, 4) is 0 Å². The van der Waals surface area contributed by atoms with Gasteiger partial charge in [0.25, 0.3) is 0 Å². The Labute approximate surface area is 106 Å². The van der Waals surface area contributed by atoms with E-state index in [1.54, 1.807) is 6.07 Å². The number of alkyl halides is 1. The average Bonchev–Trinajstić information content (AvgIpc) is 2.65. The van der Waals surface area contributed by atoms with Gasteiger partial charge in [-0.25, -0.2) is 13.1 Å². The maximum atomic E-state index is 11.9. The highest BCUT2D eigenvalue weighted by atomic mass is 35.5. The van der Waals surface area contributed by atoms with E-state index in [1.807, 2.05) is 19.9 Å². The minimum absolute atomic E-state index is 0.130. The Morgan fingerprint density at radius 1 is 1.50 bits per heavy atom. The van der Waals surface area contributed by atoms with Gasteiger partial charge in [0.2, 0.25) is 10.0 Å². The van der Waals surface area contributed by atoms with Gasteiger partial charge in [-0.3, -0.25) is 0 Å². The first-order chi connectivity index (χ1) is 7.49. The second-order valence-electron chi connectivity index (χ2n) is 3.57. The van der Waals surface area contributed by atoms with Gasteiger partial charge < -0.3 is 0 Å². The van der Waals surface area contributed by atoms with Crippen LogP contribution in [-0.2, 0) is 16.4 Å². The number of thiophene rings is 1. The SMILES string of the molecule is CCc1ccc(S(=O)(=O)NC(C)CCCl)s1. The Hall–Kier alpha value is -0.100. The molecule has 0 aromatic carbocycles. The molecule has 0 aliphatic carbocycles. The van der Waals surface area contributed by atoms with E-state index in [2.05, 4.69) is 4.72 Å². The van der Waals surface area contributed by atoms with Crippen LogP contribution in [0, 0.1) is 0 Å². The van der Waals surface area contributed by atoms with Crippen molar-refractivity contribution in [3.05, 3.63) is 17.0 Å². The molecule has 0 saturated heterocycles. The van der Waals surface area contributed by atoms with Crippen LogP contribution in [0.2, 0.25) is 0 Å². The van der Waals surface area contributed by atoms with Crippen molar-refractivity contribution in [2.45, 2.75) is 36.9 Å². The van der Waals surface area contributed by atoms with Crippen molar-refractivity contribution in [2.75, 3.05) is 5.88 Å². The summed E-state index contributed by atoms with van der Waals surface area (Å²) < 4.78 is 26.8. The molecule has 0 spiro atoms. The lowest BCUT2D eigenvalue weighted by molar-refractivity contribution is 0.558. The van der Waals surface area contributed by atoms with Crippen LogP contribution in [0.15, 0.2) is 16.3 Å². The summed E-state index contributed by atoms with van der Waals surface area (Å²) in [4.78, 5) is 1.07. The summed E-state index contributed by atoms with van der Waals surface area (Å²) in [6.07, 6.45) is 1.49. The van der Waals surface area contributed by atoms with E-state index in [9.17, 15) is 8.42 Å². The molecule has 0 fully saturated rings. The van der Waals surface area contributed by atoms with Gasteiger partial charge in [-0.15, -0.1) is 22.9 Å². The number of hydrogen-bond acceptors (Lipinski definition) is 3. The third-order valence-corrected chi connectivity index (χ3v) is 5.68. The van der Waals surface area contributed by atoms with Gasteiger partial charge in [-0.05, 0) is 31.9 Å². The summed E-state index contributed by atoms with van der Waals surface area (Å²) in [5.74, 6) is 0.453. The van der Waals surface area contributed by atoms with Crippen molar-refractivity contribution in [1.82, 2.24) is 4.72 Å². The molecule has 1 aromatic rings. The lowest BCUT2D eigenvalue weighted by Crippen LogP contribution is -2.32. The van der Waals surface area contributed by atoms with Crippen molar-refractivity contribution < 1.29 is 8.42 Å². The van der Waals surface area contributed by atoms with Gasteiger partial charge in [0.15, 0.2) is 0 Å². The van der Waals surface area contributed by atoms with Crippen LogP contribution >= 0.6 is 22.9 Å². The third-order valence-electron chi connectivity index (χ3n) is 2.15. The molecular weight excluding hydrogens is 266 g/mol. The lowest BCUT2D eigenvalue weighted by Gasteiger charge is -2.11. The van der Waals surface area contributed by atoms with Crippen LogP contribution in [0.25, 0.3) is 0 Å². The molecule has 0 saturated carbocycles. The molecule has 16 heavy (non-hydrogen) atoms. The van der Waals surface area contributed by atoms with E-state index in [4.69, 9.17) is 11.6 Å². The number of aryl methyl sites for hydroxylation is 1. The molecule has 0 amide bonds. The molecule has 1 atom stereocenters. The number of sulfonamides is 1. The first kappa shape index (κ1) is 14.0. The van der Waals surface area contributed by atoms with Gasteiger partial charge in [0, 0.05) is 16.8 Å². The van der Waals surface area contributed by atoms with Crippen LogP contribution < -0.4 is 4.72 Å². The summed E-state index contributed by atoms with van der Waals surface area (Å²) in [5.41, 5.74) is 0. The monoisotopic (exact) mass is 281 g/mol. The molecule has 3 nitrogen and oxygen atoms in total. The normalized spacial score (nSPS) is 13.9. The zero-order chi connectivity index (χ0) is 12.2. The van der Waals surface area contributed by atoms with Crippen LogP contribution in [0.4, 0.5) is 0 Å². The first-order valence-corrected chi connectivity index (χ1v) is 8.00. The maximum absolute atomic E-state index is 11.9. The molecule has 0 aliphatic heterocycles. The number of nitrogens with one attached hydrogen (secondary N) is 1. The van der Waals surface area contributed by atoms with Crippen LogP contribution in [0.5, 0.6) is 0 Å². The van der Waals surface area contributed by atoms with E-state index in [0.717, 1.165) is 11.3 Å². The van der Waals surface area contributed by atoms with Crippen LogP contribution in [0.3, 0.4) is 0 Å². The van der Waals surface area contributed by atoms with E-state index in [0.29, 0.717) is 16.5 Å². The van der Waals surface area contributed by atoms with Crippen LogP contribution in [0.1, 0.15) is 25.1 Å². The zero-order valence-corrected chi connectivity index (χ0v) is 11.8. The highest BCUT2D eigenvalue weighted by Crippen LogP contribution is 2.22. The highest BCUT2D eigenvalue weighted by molar-refractivity contribution is 7.91. The Bertz CT molecular complexity index is 428. The van der Waals surface area contributed by atoms with Gasteiger partial charge in [-0.2, -0.15) is 0 Å². The predicted octanol–water partition coefficient (Wildman–Crippen LogP) is 2.61. The molecule has 0 radical (unpaired) electrons. The molecule has 1 rings (SSSR count). The first-order valence-electron chi connectivity index (χ1n) is 5.16. The molecule has 0 bridgehead atoms. The topological polar surface area (TPSA) is 46.2 Å². The smallest absolute Gasteiger partial charge is 0.208 e. The fourth-order valence-electron chi connectivity index (χ4n) is 1.24. The quantitative estimate of drug-likeness (QED) is 0.815. The summed E-state index contributed by atoms with van der Waals surface area (Å²) >= 11 is 6.88. The molecule has 92 valence electrons. The fourth-order valence-corrected chi connectivity index (χ4v) is 4.16. The van der Waals surface area contributed by atoms with E-state index in [1.165, 1.54) is 11.3 Å². The fraction of sp³-hybridized carbons (Fsp3) is 0.600. The highest BCUT2D eigenvalue weighted by Gasteiger charge is 2.18. The number of halogens is 1. The van der Waals surface area contributed by atoms with Crippen molar-refractivity contribution >= 4 is 33.0 Å². The molecule has 6 heteroatoms. The van der Waals surface area contributed by atoms with Crippen LogP contribution in [-0.4, -0.2) is 20.3 Å². The standard InChI is InChI=1S/C10H16ClNO2S2/c1-3-9-4-5-10(15-9)16(13,14)12-8(2)6-7-11/h4-5,8,12H,3,6-7H2,1-2H3. The van der Waals surface area contributed by atoms with Gasteiger partial charge >= 0.3 is 0 Å². The Kier molecular flexibility index (Phi) is 5.24. The predicted molar refractivity (Wildman–Crippen MR) is 68.8 cm³/mol. The average molecular weight is 282 g/mol. The summed E-state index contributed by atoms with van der Waals surface area (Å²) in [6, 6.07) is 3.37. The van der Waals surface area contributed by atoms with Crippen molar-refractivity contribution in [2.24, 2.45) is 0 Å². The Balaban J connectivity index is 2.77. The molecule has 0 aliphatic rings. The van der Waals surface area contributed by atoms with Gasteiger partial charge in [-0.1, -0.05) is 6.92 Å². The lowest BCUT2D eigenvalue weighted by atomic mass is 10.3. The van der Waals surface area contributed by atoms with Crippen molar-refractivity contribution in [3.63, 3.8) is 0 Å². The van der Waals surface area contributed by atoms with Gasteiger partial charge in [0.1, 0.15) is 4.21 Å². The second kappa shape index (κ2) is 6.00. The second-order valence-corrected chi connectivity index (χ2v) is 7.06. The Morgan fingerprint density at radius 3 is 2.69 bits per heavy atom. The molecular formula is C10H16ClNO2S2. The number of hydrogen-bond donors (Lipinski definition) is 1. The zero-order valence-electron chi connectivity index (χ0n) is 9.36. The van der Waals surface area contributed by atoms with E-state index < -0.39 is 10.0 Å². The van der Waals surface area contributed by atoms with Gasteiger partial charge in [0.05, 0.1) is 0 Å². The van der Waals surface area contributed by atoms with E-state index in [-0.39, 0.29) is 6.04 Å². The maximum Gasteiger partial charge on any atom is 0.250 e. The largest absolute Gasteiger partial charge is 0.250 e. The number of rotatable bonds is 6. The summed E-state index contributed by atoms with van der Waals surface area (Å²) in [5, 5.41) is 0. The van der Waals surface area contributed by atoms with Crippen molar-refractivity contribution in [1.29, 1.82) is 0 Å². The summed E-state index contributed by atoms with van der Waals surface area (Å²) in [6.45, 7) is 3.82.